The molecule has 0 heterocycles. The summed E-state index contributed by atoms with van der Waals surface area (Å²) in [5.74, 6) is 0.499. The van der Waals surface area contributed by atoms with E-state index in [2.05, 4.69) is 53.4 Å². The number of rotatable bonds is 4. The number of fused-ring (bicyclic) bond motifs is 3. The fourth-order valence-electron chi connectivity index (χ4n) is 5.38. The van der Waals surface area contributed by atoms with E-state index < -0.39 is 5.60 Å². The first-order valence-corrected chi connectivity index (χ1v) is 9.67. The molecule has 0 bridgehead atoms. The highest BCUT2D eigenvalue weighted by Crippen LogP contribution is 2.54. The standard InChI is InChI=1S/C23H28O3/c1-22(24)11-12-23(14-17-5-3-2-4-6-17)20(15-22)9-8-19-13-18(16-26-25)7-10-21(19)23/h2-7,10,13,20,24-25H,8-9,11-12,14-16H2,1H3. The summed E-state index contributed by atoms with van der Waals surface area (Å²) in [6.45, 7) is 2.23. The molecule has 3 atom stereocenters. The maximum atomic E-state index is 10.7. The first kappa shape index (κ1) is 17.7. The summed E-state index contributed by atoms with van der Waals surface area (Å²) in [6.07, 6.45) is 5.91. The second-order valence-corrected chi connectivity index (χ2v) is 8.52. The molecular formula is C23H28O3. The highest BCUT2D eigenvalue weighted by atomic mass is 17.1. The van der Waals surface area contributed by atoms with E-state index in [-0.39, 0.29) is 12.0 Å². The second-order valence-electron chi connectivity index (χ2n) is 8.52. The molecule has 2 aliphatic carbocycles. The average Bonchev–Trinajstić information content (AvgIpc) is 2.63. The van der Waals surface area contributed by atoms with Crippen molar-refractivity contribution in [2.45, 2.75) is 63.1 Å². The summed E-state index contributed by atoms with van der Waals surface area (Å²) in [6, 6.07) is 17.3. The Balaban J connectivity index is 1.77. The molecule has 0 spiro atoms. The molecule has 2 aromatic rings. The van der Waals surface area contributed by atoms with Crippen LogP contribution in [0.2, 0.25) is 0 Å². The Kier molecular flexibility index (Phi) is 4.64. The highest BCUT2D eigenvalue weighted by molar-refractivity contribution is 5.43. The molecule has 3 heteroatoms. The molecule has 0 saturated heterocycles. The molecule has 3 nitrogen and oxygen atoms in total. The van der Waals surface area contributed by atoms with E-state index in [1.54, 1.807) is 0 Å². The minimum atomic E-state index is -0.549. The lowest BCUT2D eigenvalue weighted by atomic mass is 9.53. The number of hydrogen-bond acceptors (Lipinski definition) is 3. The molecule has 0 radical (unpaired) electrons. The van der Waals surface area contributed by atoms with Crippen LogP contribution in [-0.4, -0.2) is 16.0 Å². The summed E-state index contributed by atoms with van der Waals surface area (Å²) in [4.78, 5) is 4.34. The van der Waals surface area contributed by atoms with Crippen LogP contribution in [0, 0.1) is 5.92 Å². The predicted molar refractivity (Wildman–Crippen MR) is 102 cm³/mol. The third-order valence-electron chi connectivity index (χ3n) is 6.64. The second kappa shape index (κ2) is 6.80. The van der Waals surface area contributed by atoms with Gasteiger partial charge in [-0.1, -0.05) is 48.5 Å². The van der Waals surface area contributed by atoms with E-state index in [0.29, 0.717) is 5.92 Å². The number of benzene rings is 2. The van der Waals surface area contributed by atoms with Gasteiger partial charge in [-0.3, -0.25) is 5.26 Å². The smallest absolute Gasteiger partial charge is 0.107 e. The molecule has 1 saturated carbocycles. The van der Waals surface area contributed by atoms with Gasteiger partial charge in [-0.25, -0.2) is 4.89 Å². The predicted octanol–water partition coefficient (Wildman–Crippen LogP) is 4.65. The van der Waals surface area contributed by atoms with Crippen molar-refractivity contribution in [3.63, 3.8) is 0 Å². The zero-order valence-corrected chi connectivity index (χ0v) is 15.4. The lowest BCUT2D eigenvalue weighted by Crippen LogP contribution is -2.50. The lowest BCUT2D eigenvalue weighted by molar-refractivity contribution is -0.253. The summed E-state index contributed by atoms with van der Waals surface area (Å²) in [5, 5.41) is 19.5. The van der Waals surface area contributed by atoms with Crippen LogP contribution in [0.15, 0.2) is 48.5 Å². The Morgan fingerprint density at radius 3 is 2.65 bits per heavy atom. The van der Waals surface area contributed by atoms with E-state index in [9.17, 15) is 5.11 Å². The molecule has 2 N–H and O–H groups in total. The SMILES string of the molecule is CC1(O)CCC2(Cc3ccccc3)c3ccc(COO)cc3CCC2C1. The Morgan fingerprint density at radius 2 is 1.88 bits per heavy atom. The summed E-state index contributed by atoms with van der Waals surface area (Å²) in [5.41, 5.74) is 4.75. The van der Waals surface area contributed by atoms with Crippen molar-refractivity contribution in [2.75, 3.05) is 0 Å². The zero-order chi connectivity index (χ0) is 18.2. The minimum Gasteiger partial charge on any atom is -0.390 e. The van der Waals surface area contributed by atoms with E-state index in [1.165, 1.54) is 16.7 Å². The Labute approximate surface area is 155 Å². The maximum Gasteiger partial charge on any atom is 0.107 e. The zero-order valence-electron chi connectivity index (χ0n) is 15.4. The van der Waals surface area contributed by atoms with Gasteiger partial charge in [0.05, 0.1) is 5.60 Å². The third-order valence-corrected chi connectivity index (χ3v) is 6.64. The summed E-state index contributed by atoms with van der Waals surface area (Å²) >= 11 is 0. The van der Waals surface area contributed by atoms with Gasteiger partial charge in [0.25, 0.3) is 0 Å². The van der Waals surface area contributed by atoms with Crippen LogP contribution in [0.1, 0.15) is 54.9 Å². The van der Waals surface area contributed by atoms with Crippen molar-refractivity contribution in [3.05, 3.63) is 70.8 Å². The van der Waals surface area contributed by atoms with Crippen LogP contribution < -0.4 is 0 Å². The highest BCUT2D eigenvalue weighted by Gasteiger charge is 2.50. The van der Waals surface area contributed by atoms with Gasteiger partial charge in [-0.2, -0.15) is 0 Å². The maximum absolute atomic E-state index is 10.7. The number of aryl methyl sites for hydroxylation is 1. The summed E-state index contributed by atoms with van der Waals surface area (Å²) < 4.78 is 0. The van der Waals surface area contributed by atoms with Gasteiger partial charge in [-0.15, -0.1) is 0 Å². The van der Waals surface area contributed by atoms with Crippen LogP contribution in [0.5, 0.6) is 0 Å². The quantitative estimate of drug-likeness (QED) is 0.622. The molecule has 138 valence electrons. The van der Waals surface area contributed by atoms with Crippen LogP contribution in [0.25, 0.3) is 0 Å². The summed E-state index contributed by atoms with van der Waals surface area (Å²) in [7, 11) is 0. The van der Waals surface area contributed by atoms with Crippen molar-refractivity contribution in [2.24, 2.45) is 5.92 Å². The molecule has 0 aliphatic heterocycles. The molecule has 2 aromatic carbocycles. The molecule has 26 heavy (non-hydrogen) atoms. The van der Waals surface area contributed by atoms with Gasteiger partial charge in [0.2, 0.25) is 0 Å². The van der Waals surface area contributed by atoms with Crippen molar-refractivity contribution < 1.29 is 15.3 Å². The Bertz CT molecular complexity index is 768. The van der Waals surface area contributed by atoms with Gasteiger partial charge in [0.15, 0.2) is 0 Å². The van der Waals surface area contributed by atoms with E-state index in [0.717, 1.165) is 44.1 Å². The largest absolute Gasteiger partial charge is 0.390 e. The van der Waals surface area contributed by atoms with E-state index >= 15 is 0 Å². The van der Waals surface area contributed by atoms with Gasteiger partial charge in [0.1, 0.15) is 6.61 Å². The van der Waals surface area contributed by atoms with Crippen molar-refractivity contribution >= 4 is 0 Å². The van der Waals surface area contributed by atoms with Crippen LogP contribution in [0.4, 0.5) is 0 Å². The first-order valence-electron chi connectivity index (χ1n) is 9.67. The number of hydrogen-bond donors (Lipinski definition) is 2. The normalized spacial score (nSPS) is 30.5. The molecule has 0 aromatic heterocycles. The first-order chi connectivity index (χ1) is 12.5. The molecule has 0 amide bonds. The fraction of sp³-hybridized carbons (Fsp3) is 0.478. The van der Waals surface area contributed by atoms with Crippen molar-refractivity contribution in [1.29, 1.82) is 0 Å². The monoisotopic (exact) mass is 352 g/mol. The molecular weight excluding hydrogens is 324 g/mol. The molecule has 3 unspecified atom stereocenters. The fourth-order valence-corrected chi connectivity index (χ4v) is 5.38. The van der Waals surface area contributed by atoms with Gasteiger partial charge >= 0.3 is 0 Å². The van der Waals surface area contributed by atoms with Gasteiger partial charge in [-0.05, 0) is 73.6 Å². The van der Waals surface area contributed by atoms with Crippen LogP contribution >= 0.6 is 0 Å². The molecule has 4 rings (SSSR count). The Hall–Kier alpha value is -1.68. The van der Waals surface area contributed by atoms with Gasteiger partial charge < -0.3 is 5.11 Å². The van der Waals surface area contributed by atoms with Crippen molar-refractivity contribution in [1.82, 2.24) is 0 Å². The van der Waals surface area contributed by atoms with Crippen molar-refractivity contribution in [3.8, 4) is 0 Å². The average molecular weight is 352 g/mol. The van der Waals surface area contributed by atoms with E-state index in [1.807, 2.05) is 6.92 Å². The lowest BCUT2D eigenvalue weighted by Gasteiger charge is -2.53. The molecule has 1 fully saturated rings. The molecule has 2 aliphatic rings. The minimum absolute atomic E-state index is 0.0930. The van der Waals surface area contributed by atoms with Crippen LogP contribution in [0.3, 0.4) is 0 Å². The third kappa shape index (κ3) is 3.20. The Morgan fingerprint density at radius 1 is 1.08 bits per heavy atom. The van der Waals surface area contributed by atoms with Gasteiger partial charge in [0, 0.05) is 5.41 Å². The van der Waals surface area contributed by atoms with E-state index in [4.69, 9.17) is 5.26 Å². The number of aliphatic hydroxyl groups is 1. The topological polar surface area (TPSA) is 49.7 Å². The van der Waals surface area contributed by atoms with Crippen LogP contribution in [-0.2, 0) is 29.8 Å².